The topological polar surface area (TPSA) is 20.3 Å². The van der Waals surface area contributed by atoms with Crippen LogP contribution in [-0.4, -0.2) is 12.5 Å². The highest BCUT2D eigenvalue weighted by Crippen LogP contribution is 2.29. The molecular formula is C17H24INO. The van der Waals surface area contributed by atoms with E-state index < -0.39 is 0 Å². The number of unbranched alkanes of at least 4 members (excludes halogenated alkanes) is 4. The zero-order valence-electron chi connectivity index (χ0n) is 12.3. The molecule has 0 unspecified atom stereocenters. The highest BCUT2D eigenvalue weighted by molar-refractivity contribution is 14.1. The first-order valence-electron chi connectivity index (χ1n) is 7.81. The maximum Gasteiger partial charge on any atom is 0.226 e. The summed E-state index contributed by atoms with van der Waals surface area (Å²) in [5, 5.41) is 0. The Morgan fingerprint density at radius 3 is 2.75 bits per heavy atom. The summed E-state index contributed by atoms with van der Waals surface area (Å²) >= 11 is 2.35. The van der Waals surface area contributed by atoms with E-state index in [9.17, 15) is 4.79 Å². The molecule has 0 fully saturated rings. The number of halogens is 1. The van der Waals surface area contributed by atoms with Gasteiger partial charge in [0.25, 0.3) is 0 Å². The van der Waals surface area contributed by atoms with Crippen LogP contribution < -0.4 is 4.90 Å². The average molecular weight is 385 g/mol. The predicted molar refractivity (Wildman–Crippen MR) is 93.2 cm³/mol. The third kappa shape index (κ3) is 4.21. The van der Waals surface area contributed by atoms with Gasteiger partial charge in [-0.25, -0.2) is 0 Å². The van der Waals surface area contributed by atoms with Crippen molar-refractivity contribution >= 4 is 34.2 Å². The van der Waals surface area contributed by atoms with Crippen LogP contribution in [0.1, 0.15) is 57.4 Å². The smallest absolute Gasteiger partial charge is 0.226 e. The number of rotatable bonds is 6. The van der Waals surface area contributed by atoms with Crippen LogP contribution in [0.5, 0.6) is 0 Å². The van der Waals surface area contributed by atoms with Crippen LogP contribution in [0.25, 0.3) is 0 Å². The molecule has 0 spiro atoms. The third-order valence-corrected chi connectivity index (χ3v) is 4.63. The van der Waals surface area contributed by atoms with E-state index in [0.29, 0.717) is 12.3 Å². The van der Waals surface area contributed by atoms with E-state index in [2.05, 4.69) is 47.7 Å². The lowest BCUT2D eigenvalue weighted by Gasteiger charge is -2.23. The molecule has 0 aliphatic carbocycles. The van der Waals surface area contributed by atoms with Gasteiger partial charge < -0.3 is 4.90 Å². The monoisotopic (exact) mass is 385 g/mol. The van der Waals surface area contributed by atoms with Gasteiger partial charge >= 0.3 is 0 Å². The van der Waals surface area contributed by atoms with Gasteiger partial charge in [0.1, 0.15) is 0 Å². The summed E-state index contributed by atoms with van der Waals surface area (Å²) < 4.78 is 1.26. The summed E-state index contributed by atoms with van der Waals surface area (Å²) in [5.74, 6) is 0.306. The lowest BCUT2D eigenvalue weighted by molar-refractivity contribution is -0.118. The van der Waals surface area contributed by atoms with Gasteiger partial charge in [-0.15, -0.1) is 0 Å². The molecule has 20 heavy (non-hydrogen) atoms. The molecule has 0 saturated carbocycles. The minimum absolute atomic E-state index is 0.306. The van der Waals surface area contributed by atoms with Crippen LogP contribution in [-0.2, 0) is 11.2 Å². The summed E-state index contributed by atoms with van der Waals surface area (Å²) in [6.45, 7) is 3.12. The molecule has 1 aromatic carbocycles. The first kappa shape index (κ1) is 15.8. The number of anilines is 1. The van der Waals surface area contributed by atoms with Gasteiger partial charge in [-0.2, -0.15) is 0 Å². The number of carbonyl (C=O) groups excluding carboxylic acids is 1. The Bertz CT molecular complexity index is 458. The number of nitrogens with zero attached hydrogens (tertiary/aromatic N) is 1. The van der Waals surface area contributed by atoms with Crippen LogP contribution >= 0.6 is 22.6 Å². The number of fused-ring (bicyclic) bond motifs is 1. The molecule has 0 bridgehead atoms. The van der Waals surface area contributed by atoms with Crippen molar-refractivity contribution in [2.75, 3.05) is 11.4 Å². The van der Waals surface area contributed by atoms with Crippen LogP contribution in [0.2, 0.25) is 0 Å². The van der Waals surface area contributed by atoms with Gasteiger partial charge in [0, 0.05) is 22.2 Å². The lowest BCUT2D eigenvalue weighted by atomic mass is 10.1. The Morgan fingerprint density at radius 1 is 1.15 bits per heavy atom. The molecule has 0 aromatic heterocycles. The first-order chi connectivity index (χ1) is 9.72. The molecule has 1 heterocycles. The molecule has 1 amide bonds. The van der Waals surface area contributed by atoms with Crippen molar-refractivity contribution in [1.29, 1.82) is 0 Å². The normalized spacial score (nSPS) is 15.1. The fourth-order valence-electron chi connectivity index (χ4n) is 2.84. The zero-order valence-corrected chi connectivity index (χ0v) is 14.5. The van der Waals surface area contributed by atoms with E-state index in [-0.39, 0.29) is 0 Å². The van der Waals surface area contributed by atoms with Crippen molar-refractivity contribution in [2.24, 2.45) is 0 Å². The van der Waals surface area contributed by atoms with Crippen LogP contribution in [0.15, 0.2) is 18.2 Å². The molecule has 3 heteroatoms. The van der Waals surface area contributed by atoms with Gasteiger partial charge in [-0.1, -0.05) is 32.6 Å². The molecule has 2 rings (SSSR count). The average Bonchev–Trinajstić information content (AvgIpc) is 2.58. The second kappa shape index (κ2) is 8.01. The Labute approximate surface area is 136 Å². The molecular weight excluding hydrogens is 361 g/mol. The van der Waals surface area contributed by atoms with Gasteiger partial charge in [0.15, 0.2) is 0 Å². The predicted octanol–water partition coefficient (Wildman–Crippen LogP) is 4.93. The van der Waals surface area contributed by atoms with Gasteiger partial charge in [-0.3, -0.25) is 4.79 Å². The highest BCUT2D eigenvalue weighted by atomic mass is 127. The maximum atomic E-state index is 12.3. The van der Waals surface area contributed by atoms with E-state index in [1.54, 1.807) is 0 Å². The van der Waals surface area contributed by atoms with E-state index in [1.807, 2.05) is 4.90 Å². The molecule has 1 aromatic rings. The number of benzene rings is 1. The summed E-state index contributed by atoms with van der Waals surface area (Å²) in [5.41, 5.74) is 2.50. The number of hydrogen-bond acceptors (Lipinski definition) is 1. The van der Waals surface area contributed by atoms with Crippen LogP contribution in [0.4, 0.5) is 5.69 Å². The second-order valence-electron chi connectivity index (χ2n) is 5.59. The molecule has 2 nitrogen and oxygen atoms in total. The van der Waals surface area contributed by atoms with Crippen molar-refractivity contribution in [3.05, 3.63) is 27.3 Å². The number of aryl methyl sites for hydroxylation is 1. The van der Waals surface area contributed by atoms with Gasteiger partial charge in [-0.05, 0) is 65.6 Å². The molecule has 0 N–H and O–H groups in total. The largest absolute Gasteiger partial charge is 0.312 e. The molecule has 0 atom stereocenters. The first-order valence-corrected chi connectivity index (χ1v) is 8.89. The maximum absolute atomic E-state index is 12.3. The van der Waals surface area contributed by atoms with Crippen molar-refractivity contribution in [2.45, 2.75) is 58.3 Å². The Hall–Kier alpha value is -0.580. The highest BCUT2D eigenvalue weighted by Gasteiger charge is 2.21. The molecule has 110 valence electrons. The minimum Gasteiger partial charge on any atom is -0.312 e. The fourth-order valence-corrected chi connectivity index (χ4v) is 3.39. The summed E-state index contributed by atoms with van der Waals surface area (Å²) in [6.07, 6.45) is 8.93. The summed E-state index contributed by atoms with van der Waals surface area (Å²) in [4.78, 5) is 14.3. The molecule has 1 aliphatic rings. The zero-order chi connectivity index (χ0) is 14.4. The minimum atomic E-state index is 0.306. The van der Waals surface area contributed by atoms with Crippen molar-refractivity contribution in [3.63, 3.8) is 0 Å². The van der Waals surface area contributed by atoms with Crippen LogP contribution in [0, 0.1) is 3.57 Å². The summed E-state index contributed by atoms with van der Waals surface area (Å²) in [6, 6.07) is 6.48. The number of carbonyl (C=O) groups is 1. The quantitative estimate of drug-likeness (QED) is 0.502. The van der Waals surface area contributed by atoms with Crippen LogP contribution in [0.3, 0.4) is 0 Å². The SMILES string of the molecule is CCCCCCCN1C(=O)CCCc2cc(I)ccc21. The Kier molecular flexibility index (Phi) is 6.33. The standard InChI is InChI=1S/C17H24INO/c1-2-3-4-5-6-12-19-16-11-10-15(18)13-14(16)8-7-9-17(19)20/h10-11,13H,2-9,12H2,1H3. The van der Waals surface area contributed by atoms with E-state index in [1.165, 1.54) is 34.8 Å². The Balaban J connectivity index is 2.04. The van der Waals surface area contributed by atoms with E-state index >= 15 is 0 Å². The van der Waals surface area contributed by atoms with Crippen molar-refractivity contribution in [3.8, 4) is 0 Å². The van der Waals surface area contributed by atoms with Gasteiger partial charge in [0.2, 0.25) is 5.91 Å². The fraction of sp³-hybridized carbons (Fsp3) is 0.588. The molecule has 0 saturated heterocycles. The molecule has 0 radical (unpaired) electrons. The van der Waals surface area contributed by atoms with Crippen molar-refractivity contribution < 1.29 is 4.79 Å². The third-order valence-electron chi connectivity index (χ3n) is 3.96. The molecule has 1 aliphatic heterocycles. The summed E-state index contributed by atoms with van der Waals surface area (Å²) in [7, 11) is 0. The lowest BCUT2D eigenvalue weighted by Crippen LogP contribution is -2.31. The van der Waals surface area contributed by atoms with E-state index in [4.69, 9.17) is 0 Å². The van der Waals surface area contributed by atoms with E-state index in [0.717, 1.165) is 31.5 Å². The number of hydrogen-bond donors (Lipinski definition) is 0. The second-order valence-corrected chi connectivity index (χ2v) is 6.83. The Morgan fingerprint density at radius 2 is 1.95 bits per heavy atom. The van der Waals surface area contributed by atoms with Crippen molar-refractivity contribution in [1.82, 2.24) is 0 Å². The number of amides is 1. The van der Waals surface area contributed by atoms with Gasteiger partial charge in [0.05, 0.1) is 0 Å².